The van der Waals surface area contributed by atoms with E-state index < -0.39 is 11.7 Å². The summed E-state index contributed by atoms with van der Waals surface area (Å²) in [4.78, 5) is 23.9. The van der Waals surface area contributed by atoms with Crippen molar-refractivity contribution in [1.82, 2.24) is 25.4 Å². The van der Waals surface area contributed by atoms with Crippen molar-refractivity contribution >= 4 is 5.57 Å². The van der Waals surface area contributed by atoms with E-state index in [1.807, 2.05) is 0 Å². The van der Waals surface area contributed by atoms with Crippen LogP contribution in [0.3, 0.4) is 0 Å². The molecule has 0 amide bonds. The van der Waals surface area contributed by atoms with Crippen LogP contribution in [-0.2, 0) is 6.18 Å². The maximum atomic E-state index is 12.8. The Bertz CT molecular complexity index is 1190. The van der Waals surface area contributed by atoms with Gasteiger partial charge in [0, 0.05) is 23.2 Å². The Kier molecular flexibility index (Phi) is 5.83. The highest BCUT2D eigenvalue weighted by Gasteiger charge is 2.30. The number of aromatic amines is 1. The van der Waals surface area contributed by atoms with Gasteiger partial charge < -0.3 is 20.6 Å². The van der Waals surface area contributed by atoms with Crippen molar-refractivity contribution in [2.24, 2.45) is 5.73 Å². The fourth-order valence-electron chi connectivity index (χ4n) is 3.63. The summed E-state index contributed by atoms with van der Waals surface area (Å²) >= 11 is 0. The molecule has 2 aromatic heterocycles. The van der Waals surface area contributed by atoms with Gasteiger partial charge in [-0.15, -0.1) is 0 Å². The van der Waals surface area contributed by atoms with E-state index in [-0.39, 0.29) is 34.6 Å². The van der Waals surface area contributed by atoms with Gasteiger partial charge in [0.1, 0.15) is 11.4 Å². The van der Waals surface area contributed by atoms with Crippen LogP contribution in [0.4, 0.5) is 13.2 Å². The van der Waals surface area contributed by atoms with Gasteiger partial charge in [0.2, 0.25) is 5.82 Å². The molecule has 168 valence electrons. The zero-order valence-electron chi connectivity index (χ0n) is 17.2. The molecule has 4 rings (SSSR count). The molecule has 0 saturated carbocycles. The van der Waals surface area contributed by atoms with Crippen molar-refractivity contribution in [1.29, 1.82) is 0 Å². The Hall–Kier alpha value is -3.47. The summed E-state index contributed by atoms with van der Waals surface area (Å²) in [5.41, 5.74) is 6.50. The van der Waals surface area contributed by atoms with E-state index in [4.69, 9.17) is 10.3 Å². The van der Waals surface area contributed by atoms with Gasteiger partial charge in [0.15, 0.2) is 0 Å². The number of piperidine rings is 1. The fraction of sp³-hybridized carbons (Fsp3) is 0.333. The van der Waals surface area contributed by atoms with E-state index in [1.54, 1.807) is 6.92 Å². The Labute approximate surface area is 180 Å². The number of halogens is 3. The van der Waals surface area contributed by atoms with Gasteiger partial charge in [-0.2, -0.15) is 18.2 Å². The van der Waals surface area contributed by atoms with Crippen LogP contribution in [0.1, 0.15) is 48.7 Å². The van der Waals surface area contributed by atoms with Crippen LogP contribution < -0.4 is 16.6 Å². The van der Waals surface area contributed by atoms with E-state index in [0.717, 1.165) is 38.1 Å². The highest BCUT2D eigenvalue weighted by molar-refractivity contribution is 5.74. The quantitative estimate of drug-likeness (QED) is 0.563. The summed E-state index contributed by atoms with van der Waals surface area (Å²) in [5.74, 6) is 0.436. The SMILES string of the molecule is CC(N)=C(c1nc(C2CCNCC2)cc(=O)[nH]1)c1nc(-c2ccc(C(F)(F)F)cc2)no1. The molecule has 3 aromatic rings. The largest absolute Gasteiger partial charge is 0.416 e. The molecule has 0 unspecified atom stereocenters. The molecule has 0 atom stereocenters. The number of hydrogen-bond donors (Lipinski definition) is 3. The highest BCUT2D eigenvalue weighted by atomic mass is 19.4. The van der Waals surface area contributed by atoms with Crippen molar-refractivity contribution in [2.45, 2.75) is 31.9 Å². The molecular formula is C21H21F3N6O2. The number of hydrogen-bond acceptors (Lipinski definition) is 7. The minimum Gasteiger partial charge on any atom is -0.402 e. The number of H-pyrrole nitrogens is 1. The molecule has 1 aliphatic heterocycles. The Balaban J connectivity index is 1.68. The standard InChI is InChI=1S/C21H21F3N6O2/c1-11(25)17(19-27-15(10-16(31)28-19)12-6-8-26-9-7-12)20-29-18(30-32-20)13-2-4-14(5-3-13)21(22,23)24/h2-5,10,12,26H,6-9,25H2,1H3,(H,27,28,31). The average molecular weight is 446 g/mol. The third kappa shape index (κ3) is 4.57. The van der Waals surface area contributed by atoms with Crippen molar-refractivity contribution in [3.05, 3.63) is 69.4 Å². The lowest BCUT2D eigenvalue weighted by Crippen LogP contribution is -2.28. The number of alkyl halides is 3. The molecule has 1 aromatic carbocycles. The molecule has 8 nitrogen and oxygen atoms in total. The molecule has 3 heterocycles. The average Bonchev–Trinajstić information content (AvgIpc) is 3.23. The van der Waals surface area contributed by atoms with E-state index in [2.05, 4.69) is 25.4 Å². The molecule has 1 saturated heterocycles. The van der Waals surface area contributed by atoms with E-state index >= 15 is 0 Å². The van der Waals surface area contributed by atoms with E-state index in [9.17, 15) is 18.0 Å². The first-order valence-electron chi connectivity index (χ1n) is 10.0. The first kappa shape index (κ1) is 21.8. The monoisotopic (exact) mass is 446 g/mol. The second kappa shape index (κ2) is 8.58. The van der Waals surface area contributed by atoms with Crippen LogP contribution in [0, 0.1) is 0 Å². The van der Waals surface area contributed by atoms with Gasteiger partial charge in [-0.05, 0) is 45.0 Å². The Morgan fingerprint density at radius 1 is 1.16 bits per heavy atom. The van der Waals surface area contributed by atoms with Gasteiger partial charge >= 0.3 is 6.18 Å². The summed E-state index contributed by atoms with van der Waals surface area (Å²) in [6, 6.07) is 5.88. The summed E-state index contributed by atoms with van der Waals surface area (Å²) in [5, 5.41) is 7.13. The maximum absolute atomic E-state index is 12.8. The molecular weight excluding hydrogens is 425 g/mol. The normalized spacial score (nSPS) is 16.1. The van der Waals surface area contributed by atoms with Crippen LogP contribution in [0.2, 0.25) is 0 Å². The number of allylic oxidation sites excluding steroid dienone is 1. The number of nitrogens with one attached hydrogen (secondary N) is 2. The lowest BCUT2D eigenvalue weighted by Gasteiger charge is -2.22. The van der Waals surface area contributed by atoms with Crippen LogP contribution in [0.5, 0.6) is 0 Å². The topological polar surface area (TPSA) is 123 Å². The zero-order valence-corrected chi connectivity index (χ0v) is 17.2. The van der Waals surface area contributed by atoms with Crippen molar-refractivity contribution < 1.29 is 17.7 Å². The molecule has 0 radical (unpaired) electrons. The van der Waals surface area contributed by atoms with Gasteiger partial charge in [-0.25, -0.2) is 4.98 Å². The van der Waals surface area contributed by atoms with Gasteiger partial charge in [-0.1, -0.05) is 17.3 Å². The van der Waals surface area contributed by atoms with Crippen molar-refractivity contribution in [3.8, 4) is 11.4 Å². The summed E-state index contributed by atoms with van der Waals surface area (Å²) in [6.07, 6.45) is -2.73. The third-order valence-corrected chi connectivity index (χ3v) is 5.26. The second-order valence-corrected chi connectivity index (χ2v) is 7.60. The van der Waals surface area contributed by atoms with Crippen LogP contribution in [0.25, 0.3) is 17.0 Å². The highest BCUT2D eigenvalue weighted by Crippen LogP contribution is 2.31. The molecule has 11 heteroatoms. The molecule has 1 fully saturated rings. The predicted molar refractivity (Wildman–Crippen MR) is 110 cm³/mol. The van der Waals surface area contributed by atoms with E-state index in [0.29, 0.717) is 17.0 Å². The first-order chi connectivity index (χ1) is 15.2. The van der Waals surface area contributed by atoms with Gasteiger partial charge in [0.05, 0.1) is 11.3 Å². The Morgan fingerprint density at radius 3 is 2.47 bits per heavy atom. The van der Waals surface area contributed by atoms with Gasteiger partial charge in [0.25, 0.3) is 11.4 Å². The number of aromatic nitrogens is 4. The molecule has 4 N–H and O–H groups in total. The summed E-state index contributed by atoms with van der Waals surface area (Å²) in [7, 11) is 0. The lowest BCUT2D eigenvalue weighted by molar-refractivity contribution is -0.137. The minimum absolute atomic E-state index is 0.00510. The number of rotatable bonds is 4. The summed E-state index contributed by atoms with van der Waals surface area (Å²) in [6.45, 7) is 3.29. The molecule has 32 heavy (non-hydrogen) atoms. The molecule has 0 aliphatic carbocycles. The van der Waals surface area contributed by atoms with E-state index in [1.165, 1.54) is 18.2 Å². The predicted octanol–water partition coefficient (Wildman–Crippen LogP) is 3.04. The lowest BCUT2D eigenvalue weighted by atomic mass is 9.94. The summed E-state index contributed by atoms with van der Waals surface area (Å²) < 4.78 is 43.7. The van der Waals surface area contributed by atoms with Crippen LogP contribution in [-0.4, -0.2) is 33.2 Å². The van der Waals surface area contributed by atoms with Crippen molar-refractivity contribution in [2.75, 3.05) is 13.1 Å². The number of benzene rings is 1. The zero-order chi connectivity index (χ0) is 22.9. The smallest absolute Gasteiger partial charge is 0.402 e. The Morgan fingerprint density at radius 2 is 1.84 bits per heavy atom. The third-order valence-electron chi connectivity index (χ3n) is 5.26. The number of nitrogens with zero attached hydrogens (tertiary/aromatic N) is 3. The second-order valence-electron chi connectivity index (χ2n) is 7.60. The fourth-order valence-corrected chi connectivity index (χ4v) is 3.63. The van der Waals surface area contributed by atoms with Crippen LogP contribution in [0.15, 0.2) is 45.3 Å². The van der Waals surface area contributed by atoms with Gasteiger partial charge in [-0.3, -0.25) is 4.79 Å². The minimum atomic E-state index is -4.44. The molecule has 0 bridgehead atoms. The number of nitrogens with two attached hydrogens (primary N) is 1. The maximum Gasteiger partial charge on any atom is 0.416 e. The van der Waals surface area contributed by atoms with Crippen LogP contribution >= 0.6 is 0 Å². The van der Waals surface area contributed by atoms with Crippen molar-refractivity contribution in [3.63, 3.8) is 0 Å². The first-order valence-corrected chi connectivity index (χ1v) is 10.0. The molecule has 1 aliphatic rings. The molecule has 0 spiro atoms.